The van der Waals surface area contributed by atoms with Crippen molar-refractivity contribution in [1.29, 1.82) is 0 Å². The first-order chi connectivity index (χ1) is 13.0. The first-order valence-electron chi connectivity index (χ1n) is 9.51. The van der Waals surface area contributed by atoms with Crippen LogP contribution in [-0.2, 0) is 20.8 Å². The zero-order valence-electron chi connectivity index (χ0n) is 15.3. The SMILES string of the molecule is O=C(O)C1CCCCN1C(=O)C1CCCN(C(=O)Cc2ccc(F)cc2)C1. The van der Waals surface area contributed by atoms with Crippen molar-refractivity contribution in [3.63, 3.8) is 0 Å². The van der Waals surface area contributed by atoms with Gasteiger partial charge in [-0.15, -0.1) is 0 Å². The highest BCUT2D eigenvalue weighted by Crippen LogP contribution is 2.25. The van der Waals surface area contributed by atoms with Gasteiger partial charge in [0.1, 0.15) is 11.9 Å². The van der Waals surface area contributed by atoms with Crippen molar-refractivity contribution in [3.05, 3.63) is 35.6 Å². The normalized spacial score (nSPS) is 23.1. The molecule has 146 valence electrons. The van der Waals surface area contributed by atoms with Gasteiger partial charge in [0.2, 0.25) is 11.8 Å². The van der Waals surface area contributed by atoms with E-state index in [1.54, 1.807) is 17.0 Å². The number of carbonyl (C=O) groups excluding carboxylic acids is 2. The second kappa shape index (κ2) is 8.50. The largest absolute Gasteiger partial charge is 0.480 e. The number of amides is 2. The minimum Gasteiger partial charge on any atom is -0.480 e. The summed E-state index contributed by atoms with van der Waals surface area (Å²) in [6, 6.07) is 5.08. The Morgan fingerprint density at radius 3 is 2.48 bits per heavy atom. The number of hydrogen-bond acceptors (Lipinski definition) is 3. The molecule has 2 heterocycles. The van der Waals surface area contributed by atoms with Crippen LogP contribution in [0.25, 0.3) is 0 Å². The maximum absolute atomic E-state index is 13.0. The molecule has 2 aliphatic rings. The molecule has 27 heavy (non-hydrogen) atoms. The van der Waals surface area contributed by atoms with Crippen LogP contribution in [0.1, 0.15) is 37.7 Å². The number of carbonyl (C=O) groups is 3. The van der Waals surface area contributed by atoms with Gasteiger partial charge in [0.25, 0.3) is 0 Å². The number of likely N-dealkylation sites (tertiary alicyclic amines) is 2. The topological polar surface area (TPSA) is 77.9 Å². The predicted octanol–water partition coefficient (Wildman–Crippen LogP) is 2.07. The molecule has 2 atom stereocenters. The van der Waals surface area contributed by atoms with E-state index in [9.17, 15) is 23.9 Å². The second-order valence-electron chi connectivity index (χ2n) is 7.36. The summed E-state index contributed by atoms with van der Waals surface area (Å²) in [6.45, 7) is 1.38. The van der Waals surface area contributed by atoms with Crippen LogP contribution in [0.15, 0.2) is 24.3 Å². The average molecular weight is 376 g/mol. The molecular weight excluding hydrogens is 351 g/mol. The molecule has 1 N–H and O–H groups in total. The fourth-order valence-corrected chi connectivity index (χ4v) is 3.98. The van der Waals surface area contributed by atoms with Crippen LogP contribution >= 0.6 is 0 Å². The van der Waals surface area contributed by atoms with E-state index in [1.165, 1.54) is 17.0 Å². The number of carboxylic acids is 1. The van der Waals surface area contributed by atoms with Crippen LogP contribution in [0.5, 0.6) is 0 Å². The van der Waals surface area contributed by atoms with Crippen LogP contribution in [0.2, 0.25) is 0 Å². The summed E-state index contributed by atoms with van der Waals surface area (Å²) in [4.78, 5) is 40.1. The monoisotopic (exact) mass is 376 g/mol. The van der Waals surface area contributed by atoms with Gasteiger partial charge in [-0.3, -0.25) is 9.59 Å². The highest BCUT2D eigenvalue weighted by Gasteiger charge is 2.37. The molecule has 3 rings (SSSR count). The summed E-state index contributed by atoms with van der Waals surface area (Å²) in [5.41, 5.74) is 0.733. The van der Waals surface area contributed by atoms with Gasteiger partial charge in [-0.1, -0.05) is 12.1 Å². The lowest BCUT2D eigenvalue weighted by molar-refractivity contribution is -0.155. The van der Waals surface area contributed by atoms with E-state index in [1.807, 2.05) is 0 Å². The van der Waals surface area contributed by atoms with Crippen LogP contribution in [0.3, 0.4) is 0 Å². The molecule has 0 spiro atoms. The highest BCUT2D eigenvalue weighted by atomic mass is 19.1. The lowest BCUT2D eigenvalue weighted by Gasteiger charge is -2.38. The van der Waals surface area contributed by atoms with Crippen LogP contribution in [-0.4, -0.2) is 58.4 Å². The van der Waals surface area contributed by atoms with Gasteiger partial charge in [-0.2, -0.15) is 0 Å². The molecule has 0 saturated carbocycles. The summed E-state index contributed by atoms with van der Waals surface area (Å²) in [5.74, 6) is -1.89. The molecule has 0 bridgehead atoms. The van der Waals surface area contributed by atoms with Gasteiger partial charge in [-0.25, -0.2) is 9.18 Å². The van der Waals surface area contributed by atoms with E-state index in [4.69, 9.17) is 0 Å². The third kappa shape index (κ3) is 4.64. The van der Waals surface area contributed by atoms with Crippen molar-refractivity contribution in [2.24, 2.45) is 5.92 Å². The Morgan fingerprint density at radius 2 is 1.78 bits per heavy atom. The Kier molecular flexibility index (Phi) is 6.08. The number of aliphatic carboxylic acids is 1. The Labute approximate surface area is 157 Å². The molecule has 6 nitrogen and oxygen atoms in total. The molecule has 2 unspecified atom stereocenters. The first kappa shape index (κ1) is 19.3. The molecule has 7 heteroatoms. The van der Waals surface area contributed by atoms with Crippen LogP contribution < -0.4 is 0 Å². The van der Waals surface area contributed by atoms with Gasteiger partial charge >= 0.3 is 5.97 Å². The number of piperidine rings is 2. The van der Waals surface area contributed by atoms with Gasteiger partial charge in [0.05, 0.1) is 12.3 Å². The van der Waals surface area contributed by atoms with E-state index in [2.05, 4.69) is 0 Å². The van der Waals surface area contributed by atoms with E-state index in [0.29, 0.717) is 32.5 Å². The summed E-state index contributed by atoms with van der Waals surface area (Å²) < 4.78 is 13.0. The Morgan fingerprint density at radius 1 is 1.04 bits per heavy atom. The fraction of sp³-hybridized carbons (Fsp3) is 0.550. The van der Waals surface area contributed by atoms with Crippen molar-refractivity contribution >= 4 is 17.8 Å². The fourth-order valence-electron chi connectivity index (χ4n) is 3.98. The summed E-state index contributed by atoms with van der Waals surface area (Å²) >= 11 is 0. The van der Waals surface area contributed by atoms with E-state index < -0.39 is 12.0 Å². The number of carboxylic acid groups (broad SMARTS) is 1. The highest BCUT2D eigenvalue weighted by molar-refractivity contribution is 5.86. The van der Waals surface area contributed by atoms with Crippen molar-refractivity contribution in [1.82, 2.24) is 9.80 Å². The third-order valence-corrected chi connectivity index (χ3v) is 5.46. The standard InChI is InChI=1S/C20H25FN2O4/c21-16-8-6-14(7-9-16)12-18(24)22-10-3-4-15(13-22)19(25)23-11-2-1-5-17(23)20(26)27/h6-9,15,17H,1-5,10-13H2,(H,26,27). The first-order valence-corrected chi connectivity index (χ1v) is 9.51. The molecule has 0 aliphatic carbocycles. The molecule has 0 aromatic heterocycles. The lowest BCUT2D eigenvalue weighted by Crippen LogP contribution is -2.53. The minimum absolute atomic E-state index is 0.0902. The molecule has 1 aromatic rings. The summed E-state index contributed by atoms with van der Waals surface area (Å²) in [5, 5.41) is 9.39. The van der Waals surface area contributed by atoms with Crippen molar-refractivity contribution in [3.8, 4) is 0 Å². The van der Waals surface area contributed by atoms with Gasteiger partial charge in [-0.05, 0) is 49.8 Å². The second-order valence-corrected chi connectivity index (χ2v) is 7.36. The number of rotatable bonds is 4. The molecular formula is C20H25FN2O4. The smallest absolute Gasteiger partial charge is 0.326 e. The number of hydrogen-bond donors (Lipinski definition) is 1. The number of halogens is 1. The summed E-state index contributed by atoms with van der Waals surface area (Å²) in [6.07, 6.45) is 3.67. The van der Waals surface area contributed by atoms with Gasteiger partial charge in [0.15, 0.2) is 0 Å². The van der Waals surface area contributed by atoms with Crippen LogP contribution in [0, 0.1) is 11.7 Å². The molecule has 2 saturated heterocycles. The Hall–Kier alpha value is -2.44. The molecule has 2 aliphatic heterocycles. The predicted molar refractivity (Wildman–Crippen MR) is 96.4 cm³/mol. The quantitative estimate of drug-likeness (QED) is 0.873. The van der Waals surface area contributed by atoms with Crippen LogP contribution in [0.4, 0.5) is 4.39 Å². The minimum atomic E-state index is -0.955. The summed E-state index contributed by atoms with van der Waals surface area (Å²) in [7, 11) is 0. The molecule has 0 radical (unpaired) electrons. The van der Waals surface area contributed by atoms with Gasteiger partial charge < -0.3 is 14.9 Å². The number of nitrogens with zero attached hydrogens (tertiary/aromatic N) is 2. The Bertz CT molecular complexity index is 706. The lowest BCUT2D eigenvalue weighted by atomic mass is 9.93. The Balaban J connectivity index is 1.62. The van der Waals surface area contributed by atoms with Crippen molar-refractivity contribution < 1.29 is 23.9 Å². The maximum atomic E-state index is 13.0. The van der Waals surface area contributed by atoms with Crippen molar-refractivity contribution in [2.45, 2.75) is 44.6 Å². The van der Waals surface area contributed by atoms with E-state index in [-0.39, 0.29) is 30.0 Å². The third-order valence-electron chi connectivity index (χ3n) is 5.46. The van der Waals surface area contributed by atoms with E-state index >= 15 is 0 Å². The van der Waals surface area contributed by atoms with Gasteiger partial charge in [0, 0.05) is 19.6 Å². The molecule has 1 aromatic carbocycles. The number of benzene rings is 1. The molecule has 2 amide bonds. The van der Waals surface area contributed by atoms with Crippen molar-refractivity contribution in [2.75, 3.05) is 19.6 Å². The maximum Gasteiger partial charge on any atom is 0.326 e. The molecule has 2 fully saturated rings. The van der Waals surface area contributed by atoms with E-state index in [0.717, 1.165) is 24.8 Å². The zero-order chi connectivity index (χ0) is 19.4. The zero-order valence-corrected chi connectivity index (χ0v) is 15.3. The average Bonchev–Trinajstić information content (AvgIpc) is 2.69.